The summed E-state index contributed by atoms with van der Waals surface area (Å²) in [5.74, 6) is 0.0808. The molecule has 1 aromatic carbocycles. The first-order valence-electron chi connectivity index (χ1n) is 10.0. The number of ether oxygens (including phenoxy) is 2. The van der Waals surface area contributed by atoms with Gasteiger partial charge in [-0.15, -0.1) is 0 Å². The minimum atomic E-state index is -4.00. The SMILES string of the molecule is CN(C)C=O.NS(=O)(=O)c1ccc(OC2CCC(N3CCOCC3)CC2)c([N+](=O)[O-])c1. The molecule has 1 saturated heterocycles. The van der Waals surface area contributed by atoms with Gasteiger partial charge in [0.1, 0.15) is 0 Å². The second-order valence-corrected chi connectivity index (χ2v) is 9.26. The highest BCUT2D eigenvalue weighted by atomic mass is 32.2. The van der Waals surface area contributed by atoms with Gasteiger partial charge in [0.05, 0.1) is 29.1 Å². The first-order valence-corrected chi connectivity index (χ1v) is 11.6. The van der Waals surface area contributed by atoms with Gasteiger partial charge in [0.2, 0.25) is 16.4 Å². The Hall–Kier alpha value is -2.28. The van der Waals surface area contributed by atoms with Gasteiger partial charge in [-0.3, -0.25) is 19.8 Å². The van der Waals surface area contributed by atoms with E-state index in [4.69, 9.17) is 14.6 Å². The van der Waals surface area contributed by atoms with Gasteiger partial charge >= 0.3 is 5.69 Å². The molecule has 2 fully saturated rings. The number of sulfonamides is 1. The highest BCUT2D eigenvalue weighted by Crippen LogP contribution is 2.33. The Balaban J connectivity index is 0.000000614. The van der Waals surface area contributed by atoms with Crippen LogP contribution in [-0.4, -0.2) is 82.1 Å². The molecule has 0 spiro atoms. The number of hydrogen-bond acceptors (Lipinski definition) is 8. The van der Waals surface area contributed by atoms with Crippen LogP contribution in [0.1, 0.15) is 25.7 Å². The number of rotatable bonds is 6. The predicted octanol–water partition coefficient (Wildman–Crippen LogP) is 0.969. The van der Waals surface area contributed by atoms with Gasteiger partial charge in [-0.25, -0.2) is 13.6 Å². The lowest BCUT2D eigenvalue weighted by atomic mass is 9.91. The molecular formula is C19H30N4O7S. The lowest BCUT2D eigenvalue weighted by molar-refractivity contribution is -0.386. The lowest BCUT2D eigenvalue weighted by Crippen LogP contribution is -2.46. The van der Waals surface area contributed by atoms with E-state index >= 15 is 0 Å². The molecule has 0 atom stereocenters. The average molecular weight is 459 g/mol. The molecule has 1 aromatic rings. The third-order valence-corrected chi connectivity index (χ3v) is 6.08. The topological polar surface area (TPSA) is 145 Å². The number of carbonyl (C=O) groups excluding carboxylic acids is 1. The summed E-state index contributed by atoms with van der Waals surface area (Å²) >= 11 is 0. The fourth-order valence-corrected chi connectivity index (χ4v) is 4.10. The van der Waals surface area contributed by atoms with E-state index in [1.165, 1.54) is 17.0 Å². The molecular weight excluding hydrogens is 428 g/mol. The van der Waals surface area contributed by atoms with E-state index in [1.807, 2.05) is 0 Å². The van der Waals surface area contributed by atoms with E-state index in [-0.39, 0.29) is 22.4 Å². The summed E-state index contributed by atoms with van der Waals surface area (Å²) in [4.78, 5) is 23.6. The second kappa shape index (κ2) is 11.4. The number of primary sulfonamides is 1. The standard InChI is InChI=1S/C16H23N3O6S.C3H7NO/c17-26(22,23)14-5-6-16(15(11-14)19(20)21)25-13-3-1-12(2-4-13)18-7-9-24-10-8-18;1-4(2)3-5/h5-6,11-13H,1-4,7-10H2,(H2,17,22,23);3H,1-2H3. The zero-order chi connectivity index (χ0) is 23.0. The van der Waals surface area contributed by atoms with Crippen LogP contribution >= 0.6 is 0 Å². The molecule has 1 amide bonds. The van der Waals surface area contributed by atoms with E-state index in [0.717, 1.165) is 64.5 Å². The Morgan fingerprint density at radius 2 is 1.81 bits per heavy atom. The average Bonchev–Trinajstić information content (AvgIpc) is 2.74. The number of amides is 1. The van der Waals surface area contributed by atoms with E-state index in [9.17, 15) is 23.3 Å². The van der Waals surface area contributed by atoms with Crippen LogP contribution in [0.15, 0.2) is 23.1 Å². The fourth-order valence-electron chi connectivity index (χ4n) is 3.57. The Labute approximate surface area is 182 Å². The molecule has 2 N–H and O–H groups in total. The van der Waals surface area contributed by atoms with Crippen molar-refractivity contribution in [2.24, 2.45) is 5.14 Å². The number of nitrogens with zero attached hydrogens (tertiary/aromatic N) is 3. The number of nitrogens with two attached hydrogens (primary N) is 1. The molecule has 1 saturated carbocycles. The highest BCUT2D eigenvalue weighted by molar-refractivity contribution is 7.89. The highest BCUT2D eigenvalue weighted by Gasteiger charge is 2.29. The molecule has 0 radical (unpaired) electrons. The Bertz CT molecular complexity index is 849. The van der Waals surface area contributed by atoms with Crippen LogP contribution in [0.5, 0.6) is 5.75 Å². The first-order chi connectivity index (χ1) is 14.6. The van der Waals surface area contributed by atoms with Gasteiger partial charge in [0, 0.05) is 39.3 Å². The van der Waals surface area contributed by atoms with Gasteiger partial charge in [-0.1, -0.05) is 0 Å². The van der Waals surface area contributed by atoms with Gasteiger partial charge in [-0.2, -0.15) is 0 Å². The maximum atomic E-state index is 11.4. The number of hydrogen-bond donors (Lipinski definition) is 1. The van der Waals surface area contributed by atoms with Crippen molar-refractivity contribution in [2.75, 3.05) is 40.4 Å². The van der Waals surface area contributed by atoms with Crippen LogP contribution in [0.2, 0.25) is 0 Å². The normalized spacial score (nSPS) is 22.0. The number of nitro groups is 1. The summed E-state index contributed by atoms with van der Waals surface area (Å²) in [5, 5.41) is 16.3. The van der Waals surface area contributed by atoms with Crippen molar-refractivity contribution in [3.8, 4) is 5.75 Å². The maximum absolute atomic E-state index is 11.4. The van der Waals surface area contributed by atoms with Crippen molar-refractivity contribution >= 4 is 22.1 Å². The molecule has 1 aliphatic carbocycles. The molecule has 2 aliphatic rings. The molecule has 0 bridgehead atoms. The summed E-state index contributed by atoms with van der Waals surface area (Å²) in [6.07, 6.45) is 4.17. The quantitative estimate of drug-likeness (QED) is 0.377. The Morgan fingerprint density at radius 1 is 1.23 bits per heavy atom. The zero-order valence-corrected chi connectivity index (χ0v) is 18.6. The van der Waals surface area contributed by atoms with E-state index in [0.29, 0.717) is 6.04 Å². The number of carbonyl (C=O) groups is 1. The molecule has 1 heterocycles. The monoisotopic (exact) mass is 458 g/mol. The second-order valence-electron chi connectivity index (χ2n) is 7.70. The predicted molar refractivity (Wildman–Crippen MR) is 113 cm³/mol. The van der Waals surface area contributed by atoms with Crippen molar-refractivity contribution in [1.29, 1.82) is 0 Å². The summed E-state index contributed by atoms with van der Waals surface area (Å²) < 4.78 is 34.0. The van der Waals surface area contributed by atoms with Crippen LogP contribution < -0.4 is 9.88 Å². The minimum absolute atomic E-state index is 0.0808. The molecule has 3 rings (SSSR count). The van der Waals surface area contributed by atoms with Gasteiger partial charge < -0.3 is 14.4 Å². The summed E-state index contributed by atoms with van der Waals surface area (Å²) in [6.45, 7) is 3.41. The molecule has 1 aliphatic heterocycles. The van der Waals surface area contributed by atoms with Gasteiger partial charge in [0.25, 0.3) is 0 Å². The molecule has 12 heteroatoms. The van der Waals surface area contributed by atoms with Crippen molar-refractivity contribution in [2.45, 2.75) is 42.7 Å². The Morgan fingerprint density at radius 3 is 2.29 bits per heavy atom. The van der Waals surface area contributed by atoms with Crippen LogP contribution in [-0.2, 0) is 19.6 Å². The molecule has 0 unspecified atom stereocenters. The number of nitro benzene ring substituents is 1. The first kappa shape index (κ1) is 25.0. The maximum Gasteiger partial charge on any atom is 0.312 e. The molecule has 11 nitrogen and oxygen atoms in total. The van der Waals surface area contributed by atoms with Gasteiger partial charge in [0.15, 0.2) is 5.75 Å². The van der Waals surface area contributed by atoms with E-state index < -0.39 is 14.9 Å². The largest absolute Gasteiger partial charge is 0.484 e. The fraction of sp³-hybridized carbons (Fsp3) is 0.632. The van der Waals surface area contributed by atoms with Crippen LogP contribution in [0.4, 0.5) is 5.69 Å². The summed E-state index contributed by atoms with van der Waals surface area (Å²) in [6, 6.07) is 3.99. The lowest BCUT2D eigenvalue weighted by Gasteiger charge is -2.38. The van der Waals surface area contributed by atoms with Crippen molar-refractivity contribution in [1.82, 2.24) is 9.80 Å². The smallest absolute Gasteiger partial charge is 0.312 e. The summed E-state index contributed by atoms with van der Waals surface area (Å²) in [7, 11) is -0.629. The van der Waals surface area contributed by atoms with Gasteiger partial charge in [-0.05, 0) is 37.8 Å². The van der Waals surface area contributed by atoms with Crippen LogP contribution in [0, 0.1) is 10.1 Å². The van der Waals surface area contributed by atoms with Crippen LogP contribution in [0.25, 0.3) is 0 Å². The minimum Gasteiger partial charge on any atom is -0.484 e. The number of morpholine rings is 1. The van der Waals surface area contributed by atoms with Crippen LogP contribution in [0.3, 0.4) is 0 Å². The third kappa shape index (κ3) is 7.73. The number of benzene rings is 1. The van der Waals surface area contributed by atoms with E-state index in [2.05, 4.69) is 4.90 Å². The van der Waals surface area contributed by atoms with Crippen molar-refractivity contribution in [3.63, 3.8) is 0 Å². The third-order valence-electron chi connectivity index (χ3n) is 5.17. The molecule has 31 heavy (non-hydrogen) atoms. The zero-order valence-electron chi connectivity index (χ0n) is 17.8. The summed E-state index contributed by atoms with van der Waals surface area (Å²) in [5.41, 5.74) is -0.383. The molecule has 0 aromatic heterocycles. The Kier molecular flexibility index (Phi) is 9.16. The molecule has 174 valence electrons. The van der Waals surface area contributed by atoms with E-state index in [1.54, 1.807) is 14.1 Å². The van der Waals surface area contributed by atoms with Crippen molar-refractivity contribution < 1.29 is 27.6 Å². The van der Waals surface area contributed by atoms with Crippen molar-refractivity contribution in [3.05, 3.63) is 28.3 Å².